The van der Waals surface area contributed by atoms with Gasteiger partial charge < -0.3 is 10.5 Å². The van der Waals surface area contributed by atoms with Crippen LogP contribution < -0.4 is 10.5 Å². The molecule has 0 spiro atoms. The molecule has 2 rings (SSSR count). The molecule has 0 aliphatic rings. The van der Waals surface area contributed by atoms with Crippen molar-refractivity contribution in [3.63, 3.8) is 0 Å². The second kappa shape index (κ2) is 8.17. The summed E-state index contributed by atoms with van der Waals surface area (Å²) in [5, 5.41) is 4.44. The third-order valence-electron chi connectivity index (χ3n) is 2.62. The maximum atomic E-state index is 12.1. The molecule has 1 aromatic carbocycles. The predicted molar refractivity (Wildman–Crippen MR) is 80.5 cm³/mol. The maximum Gasteiger partial charge on any atom is 0.272 e. The second-order valence-electron chi connectivity index (χ2n) is 4.13. The molecule has 0 saturated carbocycles. The Labute approximate surface area is 132 Å². The van der Waals surface area contributed by atoms with Gasteiger partial charge in [-0.15, -0.1) is 12.4 Å². The van der Waals surface area contributed by atoms with E-state index in [1.807, 2.05) is 6.20 Å². The van der Waals surface area contributed by atoms with Crippen LogP contribution in [0.25, 0.3) is 11.1 Å². The van der Waals surface area contributed by atoms with Crippen LogP contribution in [-0.2, 0) is 6.54 Å². The summed E-state index contributed by atoms with van der Waals surface area (Å²) in [6.07, 6.45) is 1.01. The third kappa shape index (κ3) is 4.84. The molecule has 0 radical (unpaired) electrons. The van der Waals surface area contributed by atoms with E-state index in [2.05, 4.69) is 5.10 Å². The molecule has 0 amide bonds. The van der Waals surface area contributed by atoms with Gasteiger partial charge in [-0.05, 0) is 17.7 Å². The van der Waals surface area contributed by atoms with Crippen LogP contribution in [0.4, 0.5) is 8.78 Å². The summed E-state index contributed by atoms with van der Waals surface area (Å²) < 4.78 is 30.8. The first-order valence-corrected chi connectivity index (χ1v) is 6.41. The monoisotopic (exact) mass is 337 g/mol. The van der Waals surface area contributed by atoms with Gasteiger partial charge in [0, 0.05) is 18.3 Å². The molecule has 2 aromatic rings. The van der Waals surface area contributed by atoms with Crippen molar-refractivity contribution in [3.8, 4) is 16.9 Å². The Morgan fingerprint density at radius 3 is 2.71 bits per heavy atom. The number of ether oxygens (including phenoxy) is 1. The minimum Gasteiger partial charge on any atom is -0.486 e. The molecule has 8 heteroatoms. The molecule has 0 atom stereocenters. The molecule has 116 valence electrons. The fraction of sp³-hybridized carbons (Fsp3) is 0.308. The summed E-state index contributed by atoms with van der Waals surface area (Å²) in [5.74, 6) is 0.241. The van der Waals surface area contributed by atoms with Gasteiger partial charge in [0.2, 0.25) is 0 Å². The Hall–Kier alpha value is -1.37. The van der Waals surface area contributed by atoms with E-state index >= 15 is 0 Å². The van der Waals surface area contributed by atoms with Gasteiger partial charge in [-0.2, -0.15) is 5.10 Å². The van der Waals surface area contributed by atoms with E-state index in [0.29, 0.717) is 13.1 Å². The zero-order chi connectivity index (χ0) is 14.5. The van der Waals surface area contributed by atoms with Crippen LogP contribution in [0.5, 0.6) is 5.75 Å². The summed E-state index contributed by atoms with van der Waals surface area (Å²) in [5.41, 5.74) is 7.16. The van der Waals surface area contributed by atoms with Crippen LogP contribution in [0.1, 0.15) is 0 Å². The SMILES string of the molecule is Cl.NCCn1cc(-c2ccc(OCC(F)F)c(Cl)c2)cn1. The van der Waals surface area contributed by atoms with Crippen molar-refractivity contribution in [2.75, 3.05) is 13.2 Å². The molecule has 2 N–H and O–H groups in total. The van der Waals surface area contributed by atoms with Crippen molar-refractivity contribution in [2.45, 2.75) is 13.0 Å². The van der Waals surface area contributed by atoms with E-state index in [-0.39, 0.29) is 23.2 Å². The fourth-order valence-corrected chi connectivity index (χ4v) is 1.95. The maximum absolute atomic E-state index is 12.1. The van der Waals surface area contributed by atoms with Crippen LogP contribution in [0, 0.1) is 0 Å². The zero-order valence-corrected chi connectivity index (χ0v) is 12.6. The van der Waals surface area contributed by atoms with Gasteiger partial charge >= 0.3 is 0 Å². The molecule has 0 bridgehead atoms. The average Bonchev–Trinajstić information content (AvgIpc) is 2.86. The number of rotatable bonds is 6. The van der Waals surface area contributed by atoms with Crippen molar-refractivity contribution in [3.05, 3.63) is 35.6 Å². The molecular formula is C13H15Cl2F2N3O. The number of alkyl halides is 2. The number of benzene rings is 1. The smallest absolute Gasteiger partial charge is 0.272 e. The number of hydrogen-bond acceptors (Lipinski definition) is 3. The Morgan fingerprint density at radius 2 is 2.10 bits per heavy atom. The molecular weight excluding hydrogens is 323 g/mol. The van der Waals surface area contributed by atoms with Crippen molar-refractivity contribution >= 4 is 24.0 Å². The first kappa shape index (κ1) is 17.7. The quantitative estimate of drug-likeness (QED) is 0.880. The lowest BCUT2D eigenvalue weighted by Gasteiger charge is -2.08. The Kier molecular flexibility index (Phi) is 6.87. The van der Waals surface area contributed by atoms with Crippen molar-refractivity contribution in [1.82, 2.24) is 9.78 Å². The Bertz CT molecular complexity index is 578. The van der Waals surface area contributed by atoms with E-state index in [1.54, 1.807) is 29.1 Å². The Morgan fingerprint density at radius 1 is 1.33 bits per heavy atom. The number of hydrogen-bond donors (Lipinski definition) is 1. The van der Waals surface area contributed by atoms with Gasteiger partial charge in [-0.25, -0.2) is 8.78 Å². The second-order valence-corrected chi connectivity index (χ2v) is 4.54. The van der Waals surface area contributed by atoms with E-state index in [4.69, 9.17) is 22.1 Å². The summed E-state index contributed by atoms with van der Waals surface area (Å²) in [7, 11) is 0. The molecule has 1 aromatic heterocycles. The molecule has 0 unspecified atom stereocenters. The molecule has 0 aliphatic carbocycles. The molecule has 0 aliphatic heterocycles. The minimum atomic E-state index is -2.53. The normalized spacial score (nSPS) is 10.5. The van der Waals surface area contributed by atoms with Gasteiger partial charge in [0.25, 0.3) is 6.43 Å². The van der Waals surface area contributed by atoms with Gasteiger partial charge in [-0.3, -0.25) is 4.68 Å². The summed E-state index contributed by atoms with van der Waals surface area (Å²) >= 11 is 6.01. The predicted octanol–water partition coefficient (Wildman–Crippen LogP) is 3.23. The molecule has 4 nitrogen and oxygen atoms in total. The zero-order valence-electron chi connectivity index (χ0n) is 11.0. The summed E-state index contributed by atoms with van der Waals surface area (Å²) in [6, 6.07) is 4.98. The number of halogens is 4. The van der Waals surface area contributed by atoms with E-state index in [9.17, 15) is 8.78 Å². The van der Waals surface area contributed by atoms with Crippen LogP contribution >= 0.6 is 24.0 Å². The van der Waals surface area contributed by atoms with Crippen LogP contribution in [0.2, 0.25) is 5.02 Å². The van der Waals surface area contributed by atoms with E-state index < -0.39 is 13.0 Å². The molecule has 1 heterocycles. The topological polar surface area (TPSA) is 53.1 Å². The summed E-state index contributed by atoms with van der Waals surface area (Å²) in [6.45, 7) is 0.457. The highest BCUT2D eigenvalue weighted by Crippen LogP contribution is 2.30. The van der Waals surface area contributed by atoms with E-state index in [1.165, 1.54) is 0 Å². The highest BCUT2D eigenvalue weighted by atomic mass is 35.5. The highest BCUT2D eigenvalue weighted by molar-refractivity contribution is 6.32. The third-order valence-corrected chi connectivity index (χ3v) is 2.92. The lowest BCUT2D eigenvalue weighted by molar-refractivity contribution is 0.0819. The number of nitrogens with two attached hydrogens (primary N) is 1. The fourth-order valence-electron chi connectivity index (χ4n) is 1.72. The van der Waals surface area contributed by atoms with Gasteiger partial charge in [0.1, 0.15) is 12.4 Å². The van der Waals surface area contributed by atoms with Gasteiger partial charge in [0.15, 0.2) is 0 Å². The molecule has 21 heavy (non-hydrogen) atoms. The van der Waals surface area contributed by atoms with Gasteiger partial charge in [-0.1, -0.05) is 17.7 Å². The molecule has 0 saturated heterocycles. The first-order chi connectivity index (χ1) is 9.60. The largest absolute Gasteiger partial charge is 0.486 e. The number of nitrogens with zero attached hydrogens (tertiary/aromatic N) is 2. The van der Waals surface area contributed by atoms with Crippen molar-refractivity contribution in [2.24, 2.45) is 5.73 Å². The van der Waals surface area contributed by atoms with Crippen LogP contribution in [0.15, 0.2) is 30.6 Å². The highest BCUT2D eigenvalue weighted by Gasteiger charge is 2.09. The van der Waals surface area contributed by atoms with E-state index in [0.717, 1.165) is 11.1 Å². The van der Waals surface area contributed by atoms with Crippen molar-refractivity contribution in [1.29, 1.82) is 0 Å². The lowest BCUT2D eigenvalue weighted by atomic mass is 10.1. The first-order valence-electron chi connectivity index (χ1n) is 6.03. The lowest BCUT2D eigenvalue weighted by Crippen LogP contribution is -2.09. The molecule has 0 fully saturated rings. The van der Waals surface area contributed by atoms with Gasteiger partial charge in [0.05, 0.1) is 17.8 Å². The van der Waals surface area contributed by atoms with Crippen LogP contribution in [-0.4, -0.2) is 29.4 Å². The standard InChI is InChI=1S/C13H14ClF2N3O.ClH/c14-11-5-9(1-2-12(11)20-8-13(15)16)10-6-18-19(7-10)4-3-17;/h1-2,5-7,13H,3-4,8,17H2;1H. The average molecular weight is 338 g/mol. The Balaban J connectivity index is 0.00000220. The van der Waals surface area contributed by atoms with Crippen molar-refractivity contribution < 1.29 is 13.5 Å². The van der Waals surface area contributed by atoms with Crippen LogP contribution in [0.3, 0.4) is 0 Å². The minimum absolute atomic E-state index is 0. The number of aromatic nitrogens is 2. The summed E-state index contributed by atoms with van der Waals surface area (Å²) in [4.78, 5) is 0.